The maximum Gasteiger partial charge on any atom is 0.335 e. The number of aromatic nitrogens is 1. The lowest BCUT2D eigenvalue weighted by Crippen LogP contribution is -2.15. The first-order valence-electron chi connectivity index (χ1n) is 4.96. The Morgan fingerprint density at radius 2 is 2.15 bits per heavy atom. The zero-order valence-corrected chi connectivity index (χ0v) is 12.7. The van der Waals surface area contributed by atoms with Crippen molar-refractivity contribution in [2.75, 3.05) is 4.72 Å². The van der Waals surface area contributed by atoms with Gasteiger partial charge in [-0.1, -0.05) is 11.3 Å². The summed E-state index contributed by atoms with van der Waals surface area (Å²) in [6.45, 7) is 0. The van der Waals surface area contributed by atoms with E-state index in [9.17, 15) is 17.6 Å². The number of thiazole rings is 1. The fourth-order valence-corrected chi connectivity index (χ4v) is 3.77. The maximum atomic E-state index is 13.6. The Labute approximate surface area is 125 Å². The summed E-state index contributed by atoms with van der Waals surface area (Å²) < 4.78 is 40.3. The maximum absolute atomic E-state index is 13.6. The number of carboxylic acid groups (broad SMARTS) is 1. The van der Waals surface area contributed by atoms with Crippen molar-refractivity contribution in [3.8, 4) is 0 Å². The van der Waals surface area contributed by atoms with E-state index in [0.29, 0.717) is 3.79 Å². The number of aromatic carboxylic acids is 1. The highest BCUT2D eigenvalue weighted by Gasteiger charge is 2.22. The molecular formula is C10H6BrFN2O4S2. The number of rotatable bonds is 4. The molecule has 0 aliphatic carbocycles. The van der Waals surface area contributed by atoms with Gasteiger partial charge in [0.05, 0.1) is 15.5 Å². The molecule has 0 aliphatic rings. The smallest absolute Gasteiger partial charge is 0.335 e. The first-order valence-corrected chi connectivity index (χ1v) is 8.06. The van der Waals surface area contributed by atoms with Crippen LogP contribution in [0.15, 0.2) is 33.1 Å². The molecule has 1 aromatic carbocycles. The number of nitrogens with zero attached hydrogens (tertiary/aromatic N) is 1. The largest absolute Gasteiger partial charge is 0.478 e. The highest BCUT2D eigenvalue weighted by Crippen LogP contribution is 2.26. The third-order valence-corrected chi connectivity index (χ3v) is 5.04. The van der Waals surface area contributed by atoms with Crippen LogP contribution in [-0.2, 0) is 10.0 Å². The molecule has 0 bridgehead atoms. The van der Waals surface area contributed by atoms with Gasteiger partial charge in [-0.05, 0) is 34.1 Å². The minimum absolute atomic E-state index is 0.0389. The molecule has 0 saturated heterocycles. The van der Waals surface area contributed by atoms with E-state index in [-0.39, 0.29) is 10.7 Å². The van der Waals surface area contributed by atoms with Crippen molar-refractivity contribution in [1.29, 1.82) is 0 Å². The lowest BCUT2D eigenvalue weighted by molar-refractivity contribution is 0.0696. The molecule has 0 radical (unpaired) electrons. The molecule has 0 unspecified atom stereocenters. The van der Waals surface area contributed by atoms with Gasteiger partial charge in [-0.15, -0.1) is 0 Å². The van der Waals surface area contributed by atoms with Crippen molar-refractivity contribution in [3.63, 3.8) is 0 Å². The van der Waals surface area contributed by atoms with Crippen molar-refractivity contribution in [1.82, 2.24) is 4.98 Å². The second-order valence-electron chi connectivity index (χ2n) is 3.53. The molecule has 0 amide bonds. The number of carboxylic acids is 1. The third-order valence-electron chi connectivity index (χ3n) is 2.17. The lowest BCUT2D eigenvalue weighted by Gasteiger charge is -2.07. The van der Waals surface area contributed by atoms with Gasteiger partial charge in [0.1, 0.15) is 10.7 Å². The first-order chi connectivity index (χ1) is 9.29. The Kier molecular flexibility index (Phi) is 4.06. The van der Waals surface area contributed by atoms with Crippen LogP contribution in [0.4, 0.5) is 9.52 Å². The molecule has 1 heterocycles. The number of sulfonamides is 1. The van der Waals surface area contributed by atoms with Gasteiger partial charge in [-0.25, -0.2) is 22.6 Å². The monoisotopic (exact) mass is 380 g/mol. The SMILES string of the molecule is O=C(O)c1ccc(F)c(S(=O)(=O)Nc2ncc(Br)s2)c1. The molecule has 20 heavy (non-hydrogen) atoms. The predicted molar refractivity (Wildman–Crippen MR) is 74.0 cm³/mol. The van der Waals surface area contributed by atoms with Crippen molar-refractivity contribution in [3.05, 3.63) is 39.6 Å². The minimum Gasteiger partial charge on any atom is -0.478 e. The molecule has 0 atom stereocenters. The Morgan fingerprint density at radius 3 is 2.70 bits per heavy atom. The average Bonchev–Trinajstić information content (AvgIpc) is 2.73. The third kappa shape index (κ3) is 3.14. The van der Waals surface area contributed by atoms with Crippen LogP contribution in [0.1, 0.15) is 10.4 Å². The van der Waals surface area contributed by atoms with Crippen molar-refractivity contribution < 1.29 is 22.7 Å². The second kappa shape index (κ2) is 5.46. The molecule has 2 N–H and O–H groups in total. The summed E-state index contributed by atoms with van der Waals surface area (Å²) >= 11 is 4.11. The van der Waals surface area contributed by atoms with Gasteiger partial charge >= 0.3 is 5.97 Å². The Morgan fingerprint density at radius 1 is 1.45 bits per heavy atom. The summed E-state index contributed by atoms with van der Waals surface area (Å²) in [6, 6.07) is 2.52. The number of carbonyl (C=O) groups is 1. The number of benzene rings is 1. The van der Waals surface area contributed by atoms with Crippen molar-refractivity contribution >= 4 is 48.4 Å². The second-order valence-corrected chi connectivity index (χ2v) is 7.59. The average molecular weight is 381 g/mol. The van der Waals surface area contributed by atoms with E-state index in [1.807, 2.05) is 0 Å². The summed E-state index contributed by atoms with van der Waals surface area (Å²) in [5.41, 5.74) is -0.327. The van der Waals surface area contributed by atoms with Crippen LogP contribution >= 0.6 is 27.3 Å². The van der Waals surface area contributed by atoms with Gasteiger partial charge < -0.3 is 5.11 Å². The van der Waals surface area contributed by atoms with Gasteiger partial charge in [0.25, 0.3) is 10.0 Å². The molecule has 6 nitrogen and oxygen atoms in total. The molecule has 0 aliphatic heterocycles. The van der Waals surface area contributed by atoms with Gasteiger partial charge in [-0.2, -0.15) is 0 Å². The fourth-order valence-electron chi connectivity index (χ4n) is 1.31. The Hall–Kier alpha value is -1.52. The quantitative estimate of drug-likeness (QED) is 0.849. The van der Waals surface area contributed by atoms with E-state index >= 15 is 0 Å². The molecule has 2 aromatic rings. The van der Waals surface area contributed by atoms with Crippen LogP contribution in [-0.4, -0.2) is 24.5 Å². The van der Waals surface area contributed by atoms with Crippen molar-refractivity contribution in [2.45, 2.75) is 4.90 Å². The molecule has 0 spiro atoms. The molecule has 2 rings (SSSR count). The molecule has 1 aromatic heterocycles. The zero-order chi connectivity index (χ0) is 14.9. The van der Waals surface area contributed by atoms with Gasteiger partial charge in [-0.3, -0.25) is 4.72 Å². The number of hydrogen-bond donors (Lipinski definition) is 2. The summed E-state index contributed by atoms with van der Waals surface area (Å²) in [5, 5.41) is 8.84. The van der Waals surface area contributed by atoms with E-state index in [0.717, 1.165) is 29.5 Å². The van der Waals surface area contributed by atoms with E-state index in [1.165, 1.54) is 6.20 Å². The molecule has 10 heteroatoms. The zero-order valence-electron chi connectivity index (χ0n) is 9.50. The normalized spacial score (nSPS) is 11.3. The van der Waals surface area contributed by atoms with Gasteiger partial charge in [0.15, 0.2) is 5.13 Å². The summed E-state index contributed by atoms with van der Waals surface area (Å²) in [6.07, 6.45) is 1.38. The van der Waals surface area contributed by atoms with Crippen LogP contribution in [0.5, 0.6) is 0 Å². The number of hydrogen-bond acceptors (Lipinski definition) is 5. The summed E-state index contributed by atoms with van der Waals surface area (Å²) in [7, 11) is -4.25. The van der Waals surface area contributed by atoms with Crippen LogP contribution in [0.25, 0.3) is 0 Å². The van der Waals surface area contributed by atoms with Crippen molar-refractivity contribution in [2.24, 2.45) is 0 Å². The molecule has 106 valence electrons. The number of nitrogens with one attached hydrogen (secondary N) is 1. The van der Waals surface area contributed by atoms with Gasteiger partial charge in [0, 0.05) is 0 Å². The topological polar surface area (TPSA) is 96.4 Å². The number of anilines is 1. The van der Waals surface area contributed by atoms with Gasteiger partial charge in [0.2, 0.25) is 0 Å². The van der Waals surface area contributed by atoms with E-state index in [1.54, 1.807) is 0 Å². The highest BCUT2D eigenvalue weighted by atomic mass is 79.9. The predicted octanol–water partition coefficient (Wildman–Crippen LogP) is 2.54. The summed E-state index contributed by atoms with van der Waals surface area (Å²) in [5.74, 6) is -2.39. The van der Waals surface area contributed by atoms with Crippen LogP contribution < -0.4 is 4.72 Å². The lowest BCUT2D eigenvalue weighted by atomic mass is 10.2. The molecular weight excluding hydrogens is 375 g/mol. The van der Waals surface area contributed by atoms with E-state index in [2.05, 4.69) is 25.6 Å². The number of halogens is 2. The fraction of sp³-hybridized carbons (Fsp3) is 0. The summed E-state index contributed by atoms with van der Waals surface area (Å²) in [4.78, 5) is 13.8. The standard InChI is InChI=1S/C10H6BrFN2O4S2/c11-8-4-13-10(19-8)14-20(17,18)7-3-5(9(15)16)1-2-6(7)12/h1-4H,(H,13,14)(H,15,16). The molecule has 0 saturated carbocycles. The van der Waals surface area contributed by atoms with E-state index < -0.39 is 26.7 Å². The van der Waals surface area contributed by atoms with E-state index in [4.69, 9.17) is 5.11 Å². The minimum atomic E-state index is -4.25. The van der Waals surface area contributed by atoms with Crippen LogP contribution in [0.2, 0.25) is 0 Å². The first kappa shape index (κ1) is 14.9. The Balaban J connectivity index is 2.43. The Bertz CT molecular complexity index is 775. The van der Waals surface area contributed by atoms with Crippen LogP contribution in [0, 0.1) is 5.82 Å². The highest BCUT2D eigenvalue weighted by molar-refractivity contribution is 9.11. The molecule has 0 fully saturated rings. The van der Waals surface area contributed by atoms with Crippen LogP contribution in [0.3, 0.4) is 0 Å².